The van der Waals surface area contributed by atoms with Gasteiger partial charge in [-0.1, -0.05) is 0 Å². The Morgan fingerprint density at radius 2 is 2.00 bits per heavy atom. The number of nitrogens with one attached hydrogen (secondary N) is 2. The summed E-state index contributed by atoms with van der Waals surface area (Å²) in [5.41, 5.74) is 2.08. The molecule has 0 saturated carbocycles. The number of benzene rings is 2. The second-order valence-corrected chi connectivity index (χ2v) is 7.12. The van der Waals surface area contributed by atoms with Gasteiger partial charge in [0.1, 0.15) is 11.9 Å². The number of carbonyl (C=O) groups is 3. The Morgan fingerprint density at radius 1 is 1.24 bits per heavy atom. The third kappa shape index (κ3) is 3.78. The maximum Gasteiger partial charge on any atom is 0.338 e. The van der Waals surface area contributed by atoms with Gasteiger partial charge in [0, 0.05) is 12.2 Å². The number of carbonyl (C=O) groups excluding carboxylic acids is 3. The maximum absolute atomic E-state index is 12.9. The summed E-state index contributed by atoms with van der Waals surface area (Å²) in [5.74, 6) is -1.70. The van der Waals surface area contributed by atoms with Crippen molar-refractivity contribution in [3.05, 3.63) is 53.8 Å². The van der Waals surface area contributed by atoms with Crippen molar-refractivity contribution in [3.63, 3.8) is 0 Å². The SMILES string of the molecule is C[C@H](OC(=O)c1ccc2c(c1)NC(=O)[C@H]1CCCN21)C(=O)Nc1ccc(F)cc1. The van der Waals surface area contributed by atoms with Crippen LogP contribution >= 0.6 is 0 Å². The number of hydrogen-bond donors (Lipinski definition) is 2. The molecule has 8 heteroatoms. The third-order valence-electron chi connectivity index (χ3n) is 5.12. The Balaban J connectivity index is 1.43. The van der Waals surface area contributed by atoms with Gasteiger partial charge in [0.15, 0.2) is 6.10 Å². The zero-order valence-corrected chi connectivity index (χ0v) is 15.8. The second kappa shape index (κ2) is 7.54. The molecule has 0 aromatic heterocycles. The Labute approximate surface area is 166 Å². The largest absolute Gasteiger partial charge is 0.449 e. The highest BCUT2D eigenvalue weighted by atomic mass is 19.1. The van der Waals surface area contributed by atoms with Crippen molar-refractivity contribution >= 4 is 34.8 Å². The lowest BCUT2D eigenvalue weighted by atomic mass is 10.1. The van der Waals surface area contributed by atoms with E-state index in [9.17, 15) is 18.8 Å². The van der Waals surface area contributed by atoms with Gasteiger partial charge in [0.2, 0.25) is 5.91 Å². The summed E-state index contributed by atoms with van der Waals surface area (Å²) in [5, 5.41) is 5.40. The Kier molecular flexibility index (Phi) is 4.92. The van der Waals surface area contributed by atoms with E-state index in [0.717, 1.165) is 25.1 Å². The average molecular weight is 397 g/mol. The van der Waals surface area contributed by atoms with E-state index in [4.69, 9.17) is 4.74 Å². The molecule has 1 saturated heterocycles. The standard InChI is InChI=1S/C21H20FN3O4/c1-12(19(26)23-15-7-5-14(22)6-8-15)29-21(28)13-4-9-17-16(11-13)24-20(27)18-3-2-10-25(17)18/h4-9,11-12,18H,2-3,10H2,1H3,(H,23,26)(H,24,27)/t12-,18+/m0/s1. The molecule has 2 aliphatic rings. The molecule has 0 unspecified atom stereocenters. The summed E-state index contributed by atoms with van der Waals surface area (Å²) >= 11 is 0. The van der Waals surface area contributed by atoms with Crippen molar-refractivity contribution in [2.45, 2.75) is 31.9 Å². The van der Waals surface area contributed by atoms with E-state index in [1.165, 1.54) is 31.2 Å². The molecule has 2 aliphatic heterocycles. The van der Waals surface area contributed by atoms with E-state index >= 15 is 0 Å². The smallest absolute Gasteiger partial charge is 0.338 e. The van der Waals surface area contributed by atoms with Gasteiger partial charge in [-0.25, -0.2) is 9.18 Å². The van der Waals surface area contributed by atoms with Crippen LogP contribution < -0.4 is 15.5 Å². The van der Waals surface area contributed by atoms with Gasteiger partial charge in [-0.3, -0.25) is 9.59 Å². The summed E-state index contributed by atoms with van der Waals surface area (Å²) in [6.45, 7) is 2.25. The predicted octanol–water partition coefficient (Wildman–Crippen LogP) is 2.93. The van der Waals surface area contributed by atoms with Crippen LogP contribution in [0.15, 0.2) is 42.5 Å². The maximum atomic E-state index is 12.9. The topological polar surface area (TPSA) is 87.7 Å². The Bertz CT molecular complexity index is 976. The first-order valence-electron chi connectivity index (χ1n) is 9.41. The first kappa shape index (κ1) is 18.9. The normalized spacial score (nSPS) is 18.3. The Morgan fingerprint density at radius 3 is 2.76 bits per heavy atom. The Hall–Kier alpha value is -3.42. The van der Waals surface area contributed by atoms with Gasteiger partial charge < -0.3 is 20.3 Å². The van der Waals surface area contributed by atoms with Gasteiger partial charge in [0.25, 0.3) is 5.91 Å². The molecule has 2 aromatic carbocycles. The van der Waals surface area contributed by atoms with Crippen LogP contribution in [0.4, 0.5) is 21.5 Å². The predicted molar refractivity (Wildman–Crippen MR) is 105 cm³/mol. The molecule has 2 N–H and O–H groups in total. The highest BCUT2D eigenvalue weighted by Crippen LogP contribution is 2.37. The molecule has 2 heterocycles. The fourth-order valence-corrected chi connectivity index (χ4v) is 3.62. The quantitative estimate of drug-likeness (QED) is 0.775. The molecule has 1 fully saturated rings. The van der Waals surface area contributed by atoms with Crippen molar-refractivity contribution in [2.75, 3.05) is 22.1 Å². The third-order valence-corrected chi connectivity index (χ3v) is 5.12. The number of amides is 2. The van der Waals surface area contributed by atoms with Crippen molar-refractivity contribution < 1.29 is 23.5 Å². The van der Waals surface area contributed by atoms with Gasteiger partial charge in [-0.05, 0) is 62.2 Å². The first-order chi connectivity index (χ1) is 13.9. The molecular weight excluding hydrogens is 377 g/mol. The summed E-state index contributed by atoms with van der Waals surface area (Å²) in [6, 6.07) is 10.1. The number of rotatable bonds is 4. The van der Waals surface area contributed by atoms with Crippen LogP contribution in [0.25, 0.3) is 0 Å². The molecule has 2 atom stereocenters. The van der Waals surface area contributed by atoms with E-state index < -0.39 is 23.8 Å². The molecule has 2 amide bonds. The molecule has 29 heavy (non-hydrogen) atoms. The van der Waals surface area contributed by atoms with E-state index in [0.29, 0.717) is 11.4 Å². The lowest BCUT2D eigenvalue weighted by Crippen LogP contribution is -2.43. The van der Waals surface area contributed by atoms with Gasteiger partial charge >= 0.3 is 5.97 Å². The molecule has 7 nitrogen and oxygen atoms in total. The molecule has 0 aliphatic carbocycles. The van der Waals surface area contributed by atoms with Gasteiger partial charge in [-0.2, -0.15) is 0 Å². The van der Waals surface area contributed by atoms with Crippen LogP contribution in [0.1, 0.15) is 30.1 Å². The number of fused-ring (bicyclic) bond motifs is 3. The van der Waals surface area contributed by atoms with Crippen LogP contribution in [0, 0.1) is 5.82 Å². The highest BCUT2D eigenvalue weighted by Gasteiger charge is 2.36. The minimum Gasteiger partial charge on any atom is -0.449 e. The van der Waals surface area contributed by atoms with E-state index in [1.54, 1.807) is 18.2 Å². The molecule has 0 spiro atoms. The first-order valence-corrected chi connectivity index (χ1v) is 9.41. The van der Waals surface area contributed by atoms with E-state index in [1.807, 2.05) is 4.90 Å². The van der Waals surface area contributed by atoms with Crippen LogP contribution in [-0.4, -0.2) is 36.5 Å². The number of hydrogen-bond acceptors (Lipinski definition) is 5. The fourth-order valence-electron chi connectivity index (χ4n) is 3.62. The fraction of sp³-hybridized carbons (Fsp3) is 0.286. The zero-order chi connectivity index (χ0) is 20.5. The van der Waals surface area contributed by atoms with Gasteiger partial charge in [-0.15, -0.1) is 0 Å². The summed E-state index contributed by atoms with van der Waals surface area (Å²) in [7, 11) is 0. The number of ether oxygens (including phenoxy) is 1. The van der Waals surface area contributed by atoms with Crippen LogP contribution in [0.5, 0.6) is 0 Å². The molecule has 0 bridgehead atoms. The van der Waals surface area contributed by atoms with E-state index in [2.05, 4.69) is 10.6 Å². The van der Waals surface area contributed by atoms with Crippen LogP contribution in [-0.2, 0) is 14.3 Å². The lowest BCUT2D eigenvalue weighted by molar-refractivity contribution is -0.123. The molecular formula is C21H20FN3O4. The second-order valence-electron chi connectivity index (χ2n) is 7.12. The monoisotopic (exact) mass is 397 g/mol. The average Bonchev–Trinajstić information content (AvgIpc) is 3.20. The minimum atomic E-state index is -1.05. The van der Waals surface area contributed by atoms with Crippen LogP contribution in [0.3, 0.4) is 0 Å². The summed E-state index contributed by atoms with van der Waals surface area (Å²) < 4.78 is 18.2. The zero-order valence-electron chi connectivity index (χ0n) is 15.8. The summed E-state index contributed by atoms with van der Waals surface area (Å²) in [6.07, 6.45) is 0.707. The molecule has 150 valence electrons. The number of halogens is 1. The van der Waals surface area contributed by atoms with Crippen molar-refractivity contribution in [1.29, 1.82) is 0 Å². The number of esters is 1. The van der Waals surface area contributed by atoms with Crippen molar-refractivity contribution in [1.82, 2.24) is 0 Å². The van der Waals surface area contributed by atoms with Gasteiger partial charge in [0.05, 0.1) is 16.9 Å². The minimum absolute atomic E-state index is 0.0763. The number of anilines is 3. The van der Waals surface area contributed by atoms with Crippen molar-refractivity contribution in [2.24, 2.45) is 0 Å². The molecule has 0 radical (unpaired) electrons. The number of nitrogens with zero attached hydrogens (tertiary/aromatic N) is 1. The molecule has 2 aromatic rings. The van der Waals surface area contributed by atoms with E-state index in [-0.39, 0.29) is 17.5 Å². The summed E-state index contributed by atoms with van der Waals surface area (Å²) in [4.78, 5) is 39.0. The lowest BCUT2D eigenvalue weighted by Gasteiger charge is -2.33. The van der Waals surface area contributed by atoms with Crippen molar-refractivity contribution in [3.8, 4) is 0 Å². The van der Waals surface area contributed by atoms with Crippen LogP contribution in [0.2, 0.25) is 0 Å². The molecule has 4 rings (SSSR count). The highest BCUT2D eigenvalue weighted by molar-refractivity contribution is 6.05.